The number of nitrogens with zero attached hydrogens (tertiary/aromatic N) is 1. The summed E-state index contributed by atoms with van der Waals surface area (Å²) in [6.07, 6.45) is 2.31. The molecule has 2 rings (SSSR count). The van der Waals surface area contributed by atoms with Gasteiger partial charge >= 0.3 is 11.7 Å². The van der Waals surface area contributed by atoms with E-state index in [0.29, 0.717) is 17.7 Å². The number of halogens is 1. The van der Waals surface area contributed by atoms with E-state index in [2.05, 4.69) is 4.74 Å². The van der Waals surface area contributed by atoms with Crippen molar-refractivity contribution in [1.29, 1.82) is 0 Å². The second kappa shape index (κ2) is 6.43. The monoisotopic (exact) mass is 313 g/mol. The summed E-state index contributed by atoms with van der Waals surface area (Å²) in [5.41, 5.74) is -0.207. The smallest absolute Gasteiger partial charge is 0.306 e. The molecule has 1 aromatic carbocycles. The largest absolute Gasteiger partial charge is 0.469 e. The summed E-state index contributed by atoms with van der Waals surface area (Å²) < 4.78 is 18.6. The van der Waals surface area contributed by atoms with Gasteiger partial charge in [0, 0.05) is 17.4 Å². The maximum atomic E-state index is 13.9. The summed E-state index contributed by atoms with van der Waals surface area (Å²) in [5, 5.41) is 10.7. The molecule has 7 heteroatoms. The third-order valence-electron chi connectivity index (χ3n) is 3.62. The van der Waals surface area contributed by atoms with Crippen LogP contribution in [-0.2, 0) is 15.3 Å². The SMILES string of the molecule is COC(=O)CC1(CSCc2cccc([N+](=O)[O-])c2F)CC1. The van der Waals surface area contributed by atoms with Crippen molar-refractivity contribution in [1.82, 2.24) is 0 Å². The maximum Gasteiger partial charge on any atom is 0.306 e. The lowest BCUT2D eigenvalue weighted by atomic mass is 10.1. The number of thioether (sulfide) groups is 1. The number of hydrogen-bond donors (Lipinski definition) is 0. The second-order valence-electron chi connectivity index (χ2n) is 5.25. The van der Waals surface area contributed by atoms with Crippen molar-refractivity contribution < 1.29 is 18.8 Å². The lowest BCUT2D eigenvalue weighted by molar-refractivity contribution is -0.387. The van der Waals surface area contributed by atoms with Crippen LogP contribution in [0.5, 0.6) is 0 Å². The number of methoxy groups -OCH3 is 1. The number of ether oxygens (including phenoxy) is 1. The molecule has 0 bridgehead atoms. The molecule has 0 spiro atoms. The van der Waals surface area contributed by atoms with E-state index in [1.165, 1.54) is 24.9 Å². The van der Waals surface area contributed by atoms with Gasteiger partial charge in [-0.05, 0) is 24.0 Å². The predicted molar refractivity (Wildman–Crippen MR) is 77.5 cm³/mol. The first-order chi connectivity index (χ1) is 9.97. The van der Waals surface area contributed by atoms with Gasteiger partial charge in [-0.2, -0.15) is 16.2 Å². The number of carbonyl (C=O) groups is 1. The normalized spacial score (nSPS) is 15.5. The molecule has 5 nitrogen and oxygen atoms in total. The number of nitro groups is 1. The van der Waals surface area contributed by atoms with E-state index >= 15 is 0 Å². The first-order valence-electron chi connectivity index (χ1n) is 6.54. The lowest BCUT2D eigenvalue weighted by Gasteiger charge is -2.13. The zero-order valence-electron chi connectivity index (χ0n) is 11.6. The fraction of sp³-hybridized carbons (Fsp3) is 0.500. The average molecular weight is 313 g/mol. The van der Waals surface area contributed by atoms with Crippen LogP contribution in [0.25, 0.3) is 0 Å². The highest BCUT2D eigenvalue weighted by atomic mass is 32.2. The van der Waals surface area contributed by atoms with Crippen LogP contribution < -0.4 is 0 Å². The van der Waals surface area contributed by atoms with Gasteiger partial charge in [0.1, 0.15) is 0 Å². The predicted octanol–water partition coefficient (Wildman–Crippen LogP) is 3.31. The van der Waals surface area contributed by atoms with Gasteiger partial charge in [0.25, 0.3) is 0 Å². The van der Waals surface area contributed by atoms with E-state index in [4.69, 9.17) is 0 Å². The van der Waals surface area contributed by atoms with Crippen molar-refractivity contribution in [2.24, 2.45) is 5.41 Å². The Bertz CT molecular complexity index is 560. The maximum absolute atomic E-state index is 13.9. The molecule has 0 saturated heterocycles. The average Bonchev–Trinajstić information content (AvgIpc) is 3.20. The molecule has 0 aliphatic heterocycles. The molecular weight excluding hydrogens is 297 g/mol. The van der Waals surface area contributed by atoms with Gasteiger partial charge in [-0.15, -0.1) is 0 Å². The quantitative estimate of drug-likeness (QED) is 0.439. The molecule has 1 aromatic rings. The fourth-order valence-electron chi connectivity index (χ4n) is 2.12. The first kappa shape index (κ1) is 15.8. The highest BCUT2D eigenvalue weighted by Crippen LogP contribution is 2.51. The number of esters is 1. The minimum absolute atomic E-state index is 0.0328. The summed E-state index contributed by atoms with van der Waals surface area (Å²) >= 11 is 1.49. The molecule has 0 amide bonds. The Balaban J connectivity index is 1.91. The molecular formula is C14H16FNO4S. The van der Waals surface area contributed by atoms with Crippen molar-refractivity contribution in [3.63, 3.8) is 0 Å². The summed E-state index contributed by atoms with van der Waals surface area (Å²) in [4.78, 5) is 21.3. The van der Waals surface area contributed by atoms with Gasteiger partial charge in [0.05, 0.1) is 18.5 Å². The Labute approximate surface area is 126 Å². The van der Waals surface area contributed by atoms with E-state index in [1.54, 1.807) is 6.07 Å². The number of nitro benzene ring substituents is 1. The van der Waals surface area contributed by atoms with E-state index in [9.17, 15) is 19.3 Å². The van der Waals surface area contributed by atoms with Crippen LogP contribution in [-0.4, -0.2) is 23.8 Å². The molecule has 1 saturated carbocycles. The van der Waals surface area contributed by atoms with Crippen molar-refractivity contribution in [2.45, 2.75) is 25.0 Å². The van der Waals surface area contributed by atoms with Gasteiger partial charge in [-0.25, -0.2) is 0 Å². The standard InChI is InChI=1S/C14H16FNO4S/c1-20-12(17)7-14(5-6-14)9-21-8-10-3-2-4-11(13(10)15)16(18)19/h2-4H,5-9H2,1H3. The third kappa shape index (κ3) is 3.93. The highest BCUT2D eigenvalue weighted by molar-refractivity contribution is 7.98. The van der Waals surface area contributed by atoms with Crippen LogP contribution in [0.1, 0.15) is 24.8 Å². The minimum Gasteiger partial charge on any atom is -0.469 e. The third-order valence-corrected chi connectivity index (χ3v) is 4.96. The van der Waals surface area contributed by atoms with Crippen molar-refractivity contribution >= 4 is 23.4 Å². The first-order valence-corrected chi connectivity index (χ1v) is 7.69. The molecule has 0 radical (unpaired) electrons. The zero-order chi connectivity index (χ0) is 15.5. The molecule has 1 aliphatic carbocycles. The van der Waals surface area contributed by atoms with Crippen LogP contribution in [0, 0.1) is 21.3 Å². The van der Waals surface area contributed by atoms with Crippen LogP contribution >= 0.6 is 11.8 Å². The van der Waals surface area contributed by atoms with E-state index < -0.39 is 16.4 Å². The molecule has 114 valence electrons. The zero-order valence-corrected chi connectivity index (χ0v) is 12.5. The molecule has 21 heavy (non-hydrogen) atoms. The summed E-state index contributed by atoms with van der Waals surface area (Å²) in [7, 11) is 1.37. The lowest BCUT2D eigenvalue weighted by Crippen LogP contribution is -2.13. The van der Waals surface area contributed by atoms with Crippen molar-refractivity contribution in [3.05, 3.63) is 39.7 Å². The summed E-state index contributed by atoms with van der Waals surface area (Å²) in [5.74, 6) is 0.0863. The van der Waals surface area contributed by atoms with Gasteiger partial charge in [-0.1, -0.05) is 12.1 Å². The van der Waals surface area contributed by atoms with Crippen LogP contribution in [0.15, 0.2) is 18.2 Å². The van der Waals surface area contributed by atoms with Gasteiger partial charge in [0.15, 0.2) is 0 Å². The molecule has 0 unspecified atom stereocenters. The highest BCUT2D eigenvalue weighted by Gasteiger charge is 2.44. The Morgan fingerprint density at radius 3 is 2.81 bits per heavy atom. The molecule has 1 fully saturated rings. The molecule has 0 N–H and O–H groups in total. The molecule has 0 aromatic heterocycles. The number of carbonyl (C=O) groups excluding carboxylic acids is 1. The Kier molecular flexibility index (Phi) is 4.82. The van der Waals surface area contributed by atoms with Crippen LogP contribution in [0.2, 0.25) is 0 Å². The number of benzene rings is 1. The summed E-state index contributed by atoms with van der Waals surface area (Å²) in [6, 6.07) is 4.19. The van der Waals surface area contributed by atoms with Gasteiger partial charge in [0.2, 0.25) is 5.82 Å². The van der Waals surface area contributed by atoms with Crippen molar-refractivity contribution in [2.75, 3.05) is 12.9 Å². The number of rotatable bonds is 7. The number of hydrogen-bond acceptors (Lipinski definition) is 5. The van der Waals surface area contributed by atoms with E-state index in [1.807, 2.05) is 0 Å². The molecule has 0 atom stereocenters. The Morgan fingerprint density at radius 2 is 2.24 bits per heavy atom. The molecule has 1 aliphatic rings. The van der Waals surface area contributed by atoms with Crippen LogP contribution in [0.4, 0.5) is 10.1 Å². The summed E-state index contributed by atoms with van der Waals surface area (Å²) in [6.45, 7) is 0. The Hall–Kier alpha value is -1.63. The van der Waals surface area contributed by atoms with Crippen LogP contribution in [0.3, 0.4) is 0 Å². The second-order valence-corrected chi connectivity index (χ2v) is 6.24. The van der Waals surface area contributed by atoms with E-state index in [0.717, 1.165) is 24.7 Å². The topological polar surface area (TPSA) is 69.4 Å². The van der Waals surface area contributed by atoms with Gasteiger partial charge < -0.3 is 4.74 Å². The molecule has 0 heterocycles. The minimum atomic E-state index is -0.771. The van der Waals surface area contributed by atoms with Gasteiger partial charge in [-0.3, -0.25) is 14.9 Å². The van der Waals surface area contributed by atoms with E-state index in [-0.39, 0.29) is 11.4 Å². The fourth-order valence-corrected chi connectivity index (χ4v) is 3.49. The van der Waals surface area contributed by atoms with Crippen molar-refractivity contribution in [3.8, 4) is 0 Å². The Morgan fingerprint density at radius 1 is 1.52 bits per heavy atom.